The largest absolute Gasteiger partial charge is 0.494 e. The van der Waals surface area contributed by atoms with E-state index in [1.54, 1.807) is 32.0 Å². The number of carbonyl (C=O) groups excluding carboxylic acids is 3. The Morgan fingerprint density at radius 3 is 2.03 bits per heavy atom. The van der Waals surface area contributed by atoms with Crippen molar-refractivity contribution in [2.45, 2.75) is 91.1 Å². The molecule has 0 heterocycles. The van der Waals surface area contributed by atoms with Crippen molar-refractivity contribution in [2.24, 2.45) is 5.92 Å². The molecule has 1 aliphatic carbocycles. The molecule has 0 aromatic heterocycles. The first kappa shape index (κ1) is 24.1. The van der Waals surface area contributed by atoms with Gasteiger partial charge in [-0.25, -0.2) is 0 Å². The zero-order valence-corrected chi connectivity index (χ0v) is 18.7. The molecule has 1 aromatic carbocycles. The van der Waals surface area contributed by atoms with Crippen molar-refractivity contribution in [3.05, 3.63) is 29.3 Å². The van der Waals surface area contributed by atoms with Crippen LogP contribution >= 0.6 is 0 Å². The number of Topliss-reactive ketones (excluding diaryl/α,β-unsaturated/α-hetero) is 2. The van der Waals surface area contributed by atoms with Gasteiger partial charge in [0.2, 0.25) is 17.7 Å². The molecule has 0 saturated carbocycles. The van der Waals surface area contributed by atoms with Crippen molar-refractivity contribution < 1.29 is 23.9 Å². The van der Waals surface area contributed by atoms with E-state index in [2.05, 4.69) is 6.92 Å². The zero-order valence-electron chi connectivity index (χ0n) is 18.7. The topological polar surface area (TPSA) is 69.7 Å². The predicted molar refractivity (Wildman–Crippen MR) is 117 cm³/mol. The number of esters is 1. The van der Waals surface area contributed by atoms with Crippen LogP contribution in [-0.2, 0) is 9.53 Å². The van der Waals surface area contributed by atoms with E-state index >= 15 is 0 Å². The highest BCUT2D eigenvalue weighted by Crippen LogP contribution is 2.28. The second-order valence-electron chi connectivity index (χ2n) is 8.44. The zero-order chi connectivity index (χ0) is 21.9. The fourth-order valence-electron chi connectivity index (χ4n) is 3.57. The van der Waals surface area contributed by atoms with E-state index in [4.69, 9.17) is 9.47 Å². The van der Waals surface area contributed by atoms with Crippen molar-refractivity contribution in [1.29, 1.82) is 0 Å². The van der Waals surface area contributed by atoms with Crippen LogP contribution in [0.1, 0.15) is 106 Å². The van der Waals surface area contributed by atoms with Gasteiger partial charge in [-0.1, -0.05) is 78.6 Å². The second-order valence-corrected chi connectivity index (χ2v) is 8.44. The van der Waals surface area contributed by atoms with Crippen LogP contribution in [0.25, 0.3) is 0 Å². The number of rotatable bonds is 14. The summed E-state index contributed by atoms with van der Waals surface area (Å²) in [5, 5.41) is 0. The number of benzene rings is 1. The van der Waals surface area contributed by atoms with Crippen molar-refractivity contribution in [1.82, 2.24) is 0 Å². The molecule has 0 bridgehead atoms. The first-order chi connectivity index (χ1) is 14.5. The number of hydrogen-bond donors (Lipinski definition) is 0. The van der Waals surface area contributed by atoms with Gasteiger partial charge in [-0.3, -0.25) is 14.4 Å². The monoisotopic (exact) mass is 416 g/mol. The summed E-state index contributed by atoms with van der Waals surface area (Å²) in [6.45, 7) is 6.16. The molecule has 1 atom stereocenters. The van der Waals surface area contributed by atoms with Crippen LogP contribution in [0, 0.1) is 5.92 Å². The van der Waals surface area contributed by atoms with Crippen LogP contribution < -0.4 is 4.74 Å². The Hall–Kier alpha value is -2.17. The Morgan fingerprint density at radius 1 is 0.867 bits per heavy atom. The average molecular weight is 417 g/mol. The summed E-state index contributed by atoms with van der Waals surface area (Å²) in [4.78, 5) is 36.7. The van der Waals surface area contributed by atoms with Gasteiger partial charge in [0.1, 0.15) is 5.75 Å². The van der Waals surface area contributed by atoms with Gasteiger partial charge in [0.05, 0.1) is 12.5 Å². The summed E-state index contributed by atoms with van der Waals surface area (Å²) in [5.41, 5.74) is 0.579. The first-order valence-corrected chi connectivity index (χ1v) is 11.5. The van der Waals surface area contributed by atoms with Crippen molar-refractivity contribution in [3.63, 3.8) is 0 Å². The quantitative estimate of drug-likeness (QED) is 0.213. The smallest absolute Gasteiger partial charge is 0.309 e. The van der Waals surface area contributed by atoms with Crippen LogP contribution in [0.15, 0.2) is 18.2 Å². The summed E-state index contributed by atoms with van der Waals surface area (Å²) in [6.07, 6.45) is 11.2. The summed E-state index contributed by atoms with van der Waals surface area (Å²) >= 11 is 0. The average Bonchev–Trinajstić information content (AvgIpc) is 2.96. The van der Waals surface area contributed by atoms with E-state index in [0.29, 0.717) is 17.9 Å². The van der Waals surface area contributed by atoms with Gasteiger partial charge in [-0.05, 0) is 24.6 Å². The molecule has 1 unspecified atom stereocenters. The van der Waals surface area contributed by atoms with Crippen molar-refractivity contribution in [2.75, 3.05) is 6.61 Å². The highest BCUT2D eigenvalue weighted by atomic mass is 16.6. The molecule has 30 heavy (non-hydrogen) atoms. The van der Waals surface area contributed by atoms with Crippen molar-refractivity contribution in [3.8, 4) is 5.75 Å². The number of unbranched alkanes of at least 4 members (excludes halogenated alkanes) is 9. The van der Waals surface area contributed by atoms with Gasteiger partial charge in [0.15, 0.2) is 0 Å². The molecule has 0 aliphatic heterocycles. The maximum absolute atomic E-state index is 12.5. The molecule has 0 fully saturated rings. The highest BCUT2D eigenvalue weighted by molar-refractivity contribution is 6.29. The molecule has 2 rings (SSSR count). The van der Waals surface area contributed by atoms with E-state index in [-0.39, 0.29) is 5.56 Å². The van der Waals surface area contributed by atoms with E-state index < -0.39 is 29.6 Å². The number of fused-ring (bicyclic) bond motifs is 1. The lowest BCUT2D eigenvalue weighted by Crippen LogP contribution is -2.30. The third-order valence-electron chi connectivity index (χ3n) is 5.47. The fraction of sp³-hybridized carbons (Fsp3) is 0.640. The number of carbonyl (C=O) groups is 3. The summed E-state index contributed by atoms with van der Waals surface area (Å²) < 4.78 is 10.9. The molecular formula is C25H36O5. The lowest BCUT2D eigenvalue weighted by Gasteiger charge is -2.10. The summed E-state index contributed by atoms with van der Waals surface area (Å²) in [7, 11) is 0. The lowest BCUT2D eigenvalue weighted by atomic mass is 10.1. The van der Waals surface area contributed by atoms with E-state index in [1.165, 1.54) is 51.4 Å². The minimum atomic E-state index is -1.35. The molecule has 0 saturated heterocycles. The van der Waals surface area contributed by atoms with Gasteiger partial charge in [0.25, 0.3) is 0 Å². The molecule has 1 aliphatic rings. The SMILES string of the molecule is CCCCCCCCCCCCOc1ccc2c(c1)C(=O)C(OC(=O)C(C)C)C2=O. The van der Waals surface area contributed by atoms with Gasteiger partial charge < -0.3 is 9.47 Å². The Bertz CT molecular complexity index is 722. The summed E-state index contributed by atoms with van der Waals surface area (Å²) in [6, 6.07) is 4.88. The third-order valence-corrected chi connectivity index (χ3v) is 5.47. The van der Waals surface area contributed by atoms with Crippen LogP contribution in [-0.4, -0.2) is 30.2 Å². The maximum atomic E-state index is 12.5. The number of hydrogen-bond acceptors (Lipinski definition) is 5. The Kier molecular flexibility index (Phi) is 10.0. The highest BCUT2D eigenvalue weighted by Gasteiger charge is 2.42. The molecule has 1 aromatic rings. The Balaban J connectivity index is 1.70. The number of ketones is 2. The molecule has 0 radical (unpaired) electrons. The van der Waals surface area contributed by atoms with Gasteiger partial charge in [-0.15, -0.1) is 0 Å². The second kappa shape index (κ2) is 12.5. The van der Waals surface area contributed by atoms with Crippen LogP contribution in [0.3, 0.4) is 0 Å². The van der Waals surface area contributed by atoms with Crippen LogP contribution in [0.5, 0.6) is 5.75 Å². The van der Waals surface area contributed by atoms with Crippen LogP contribution in [0.4, 0.5) is 0 Å². The summed E-state index contributed by atoms with van der Waals surface area (Å²) in [5.74, 6) is -1.29. The van der Waals surface area contributed by atoms with Gasteiger partial charge >= 0.3 is 5.97 Å². The lowest BCUT2D eigenvalue weighted by molar-refractivity contribution is -0.148. The Labute approximate surface area is 180 Å². The third kappa shape index (κ3) is 6.96. The molecule has 5 nitrogen and oxygen atoms in total. The standard InChI is InChI=1S/C25H36O5/c1-4-5-6-7-8-9-10-11-12-13-16-29-19-14-15-20-21(17-19)23(27)24(22(20)26)30-25(28)18(2)3/h14-15,17-18,24H,4-13,16H2,1-3H3. The Morgan fingerprint density at radius 2 is 1.43 bits per heavy atom. The maximum Gasteiger partial charge on any atom is 0.309 e. The molecule has 166 valence electrons. The van der Waals surface area contributed by atoms with E-state index in [9.17, 15) is 14.4 Å². The normalized spacial score (nSPS) is 15.5. The molecule has 0 amide bonds. The minimum absolute atomic E-state index is 0.280. The molecule has 0 spiro atoms. The fourth-order valence-corrected chi connectivity index (χ4v) is 3.57. The first-order valence-electron chi connectivity index (χ1n) is 11.5. The van der Waals surface area contributed by atoms with E-state index in [0.717, 1.165) is 12.8 Å². The molecule has 0 N–H and O–H groups in total. The molecule has 5 heteroatoms. The molecular weight excluding hydrogens is 380 g/mol. The van der Waals surface area contributed by atoms with Crippen LogP contribution in [0.2, 0.25) is 0 Å². The van der Waals surface area contributed by atoms with Gasteiger partial charge in [-0.2, -0.15) is 0 Å². The predicted octanol–water partition coefficient (Wildman–Crippen LogP) is 5.93. The minimum Gasteiger partial charge on any atom is -0.494 e. The number of ether oxygens (including phenoxy) is 2. The van der Waals surface area contributed by atoms with E-state index in [1.807, 2.05) is 0 Å². The van der Waals surface area contributed by atoms with Crippen molar-refractivity contribution >= 4 is 17.5 Å². The van der Waals surface area contributed by atoms with Gasteiger partial charge in [0, 0.05) is 11.1 Å².